The third-order valence-electron chi connectivity index (χ3n) is 3.39. The number of nitrogens with one attached hydrogen (secondary N) is 1. The van der Waals surface area contributed by atoms with E-state index in [1.54, 1.807) is 17.1 Å². The lowest BCUT2D eigenvalue weighted by molar-refractivity contribution is 0.0602. The number of esters is 1. The van der Waals surface area contributed by atoms with Gasteiger partial charge in [-0.1, -0.05) is 5.16 Å². The van der Waals surface area contributed by atoms with Crippen LogP contribution in [0.4, 0.5) is 0 Å². The molecule has 0 atom stereocenters. The van der Waals surface area contributed by atoms with Crippen LogP contribution in [-0.2, 0) is 27.8 Å². The van der Waals surface area contributed by atoms with Gasteiger partial charge in [-0.3, -0.25) is 4.68 Å². The van der Waals surface area contributed by atoms with Gasteiger partial charge in [0.05, 0.1) is 25.4 Å². The average molecular weight is 397 g/mol. The Balaban J connectivity index is 1.73. The van der Waals surface area contributed by atoms with Gasteiger partial charge in [0.25, 0.3) is 0 Å². The van der Waals surface area contributed by atoms with Crippen molar-refractivity contribution in [2.24, 2.45) is 0 Å². The third kappa shape index (κ3) is 3.66. The summed E-state index contributed by atoms with van der Waals surface area (Å²) < 4.78 is 38.5. The minimum Gasteiger partial charge on any atom is -0.465 e. The fraction of sp³-hybridized carbons (Fsp3) is 0.286. The molecule has 138 valence electrons. The number of methoxy groups -OCH3 is 1. The smallest absolute Gasteiger partial charge is 0.349 e. The maximum Gasteiger partial charge on any atom is 0.349 e. The molecule has 0 unspecified atom stereocenters. The second-order valence-corrected chi connectivity index (χ2v) is 7.68. The molecule has 0 radical (unpaired) electrons. The van der Waals surface area contributed by atoms with Gasteiger partial charge in [-0.25, -0.2) is 17.9 Å². The summed E-state index contributed by atoms with van der Waals surface area (Å²) in [6, 6.07) is 1.33. The van der Waals surface area contributed by atoms with Gasteiger partial charge in [0.2, 0.25) is 21.7 Å². The van der Waals surface area contributed by atoms with E-state index < -0.39 is 16.0 Å². The molecule has 0 aliphatic rings. The maximum absolute atomic E-state index is 12.4. The minimum absolute atomic E-state index is 0.00167. The number of thiophene rings is 1. The van der Waals surface area contributed by atoms with Crippen LogP contribution >= 0.6 is 11.3 Å². The Kier molecular flexibility index (Phi) is 5.15. The third-order valence-corrected chi connectivity index (χ3v) is 5.85. The Morgan fingerprint density at radius 2 is 2.27 bits per heavy atom. The van der Waals surface area contributed by atoms with Crippen LogP contribution in [0.1, 0.15) is 22.5 Å². The van der Waals surface area contributed by atoms with Gasteiger partial charge >= 0.3 is 5.97 Å². The van der Waals surface area contributed by atoms with Crippen molar-refractivity contribution in [1.29, 1.82) is 0 Å². The fourth-order valence-corrected chi connectivity index (χ4v) is 4.39. The molecule has 0 saturated carbocycles. The minimum atomic E-state index is -3.94. The number of hydrogen-bond donors (Lipinski definition) is 1. The summed E-state index contributed by atoms with van der Waals surface area (Å²) in [7, 11) is -2.75. The Bertz CT molecular complexity index is 1020. The molecule has 1 N–H and O–H groups in total. The number of sulfonamides is 1. The van der Waals surface area contributed by atoms with Crippen LogP contribution in [-0.4, -0.2) is 41.4 Å². The van der Waals surface area contributed by atoms with Crippen LogP contribution in [0.5, 0.6) is 0 Å². The first-order chi connectivity index (χ1) is 12.4. The molecule has 3 aromatic rings. The first-order valence-electron chi connectivity index (χ1n) is 7.45. The predicted molar refractivity (Wildman–Crippen MR) is 90.9 cm³/mol. The molecule has 26 heavy (non-hydrogen) atoms. The van der Waals surface area contributed by atoms with Gasteiger partial charge in [0.15, 0.2) is 0 Å². The van der Waals surface area contributed by atoms with E-state index in [4.69, 9.17) is 4.52 Å². The summed E-state index contributed by atoms with van der Waals surface area (Å²) in [6.45, 7) is 2.43. The van der Waals surface area contributed by atoms with Crippen LogP contribution in [0.15, 0.2) is 33.3 Å². The molecule has 10 nitrogen and oxygen atoms in total. The lowest BCUT2D eigenvalue weighted by Gasteiger charge is -2.04. The van der Waals surface area contributed by atoms with E-state index in [1.165, 1.54) is 18.6 Å². The quantitative estimate of drug-likeness (QED) is 0.590. The van der Waals surface area contributed by atoms with Gasteiger partial charge in [-0.15, -0.1) is 11.3 Å². The van der Waals surface area contributed by atoms with E-state index in [9.17, 15) is 13.2 Å². The monoisotopic (exact) mass is 397 g/mol. The molecule has 3 aromatic heterocycles. The second-order valence-electron chi connectivity index (χ2n) is 5.03. The zero-order valence-electron chi connectivity index (χ0n) is 13.9. The molecule has 0 aromatic carbocycles. The number of carbonyl (C=O) groups is 1. The van der Waals surface area contributed by atoms with Gasteiger partial charge < -0.3 is 9.26 Å². The number of rotatable bonds is 7. The lowest BCUT2D eigenvalue weighted by atomic mass is 10.3. The van der Waals surface area contributed by atoms with E-state index in [0.717, 1.165) is 11.3 Å². The van der Waals surface area contributed by atoms with Crippen molar-refractivity contribution >= 4 is 27.3 Å². The van der Waals surface area contributed by atoms with Gasteiger partial charge in [0.1, 0.15) is 9.77 Å². The molecule has 0 bridgehead atoms. The number of aryl methyl sites for hydroxylation is 1. The van der Waals surface area contributed by atoms with Crippen molar-refractivity contribution in [3.63, 3.8) is 0 Å². The summed E-state index contributed by atoms with van der Waals surface area (Å²) in [5.74, 6) is -0.319. The fourth-order valence-electron chi connectivity index (χ4n) is 2.08. The molecular weight excluding hydrogens is 382 g/mol. The Morgan fingerprint density at radius 3 is 2.96 bits per heavy atom. The van der Waals surface area contributed by atoms with Crippen LogP contribution in [0, 0.1) is 0 Å². The van der Waals surface area contributed by atoms with E-state index in [0.29, 0.717) is 17.9 Å². The highest BCUT2D eigenvalue weighted by Crippen LogP contribution is 2.23. The molecule has 12 heteroatoms. The zero-order valence-corrected chi connectivity index (χ0v) is 15.5. The summed E-state index contributed by atoms with van der Waals surface area (Å²) in [6.07, 6.45) is 3.35. The van der Waals surface area contributed by atoms with Crippen molar-refractivity contribution < 1.29 is 22.5 Å². The molecule has 0 spiro atoms. The Hall–Kier alpha value is -2.57. The zero-order chi connectivity index (χ0) is 18.7. The second kappa shape index (κ2) is 7.35. The van der Waals surface area contributed by atoms with E-state index >= 15 is 0 Å². The van der Waals surface area contributed by atoms with E-state index in [2.05, 4.69) is 24.7 Å². The van der Waals surface area contributed by atoms with Gasteiger partial charge in [-0.2, -0.15) is 10.1 Å². The maximum atomic E-state index is 12.4. The first kappa shape index (κ1) is 18.2. The van der Waals surface area contributed by atoms with Crippen LogP contribution < -0.4 is 4.72 Å². The molecule has 0 fully saturated rings. The topological polar surface area (TPSA) is 129 Å². The van der Waals surface area contributed by atoms with Crippen molar-refractivity contribution in [1.82, 2.24) is 24.6 Å². The van der Waals surface area contributed by atoms with Crippen molar-refractivity contribution in [3.05, 3.63) is 34.6 Å². The molecular formula is C14H15N5O5S2. The normalized spacial score (nSPS) is 11.6. The number of carbonyl (C=O) groups excluding carboxylic acids is 1. The number of hydrogen-bond acceptors (Lipinski definition) is 9. The number of nitrogens with zero attached hydrogens (tertiary/aromatic N) is 4. The highest BCUT2D eigenvalue weighted by atomic mass is 32.2. The highest BCUT2D eigenvalue weighted by Gasteiger charge is 2.25. The van der Waals surface area contributed by atoms with Crippen LogP contribution in [0.2, 0.25) is 0 Å². The van der Waals surface area contributed by atoms with Crippen molar-refractivity contribution in [3.8, 4) is 11.4 Å². The first-order valence-corrected chi connectivity index (χ1v) is 9.81. The number of aromatic nitrogens is 4. The Labute approximate surface area is 152 Å². The molecule has 0 aliphatic carbocycles. The molecule has 0 saturated heterocycles. The molecule has 0 aliphatic heterocycles. The SMILES string of the molecule is CCn1cc(-c2noc(CNS(=O)(=O)c3ccsc3C(=O)OC)n2)cn1. The standard InChI is InChI=1S/C14H15N5O5S2/c1-3-19-8-9(6-15-19)13-17-11(24-18-13)7-16-26(21,22)10-4-5-25-12(10)14(20)23-2/h4-6,8,16H,3,7H2,1-2H3. The van der Waals surface area contributed by atoms with Crippen molar-refractivity contribution in [2.75, 3.05) is 7.11 Å². The molecule has 0 amide bonds. The van der Waals surface area contributed by atoms with Gasteiger partial charge in [-0.05, 0) is 18.4 Å². The summed E-state index contributed by atoms with van der Waals surface area (Å²) >= 11 is 0.982. The molecule has 3 rings (SSSR count). The van der Waals surface area contributed by atoms with E-state index in [1.807, 2.05) is 6.92 Å². The lowest BCUT2D eigenvalue weighted by Crippen LogP contribution is -2.24. The average Bonchev–Trinajstić information content (AvgIpc) is 3.38. The Morgan fingerprint density at radius 1 is 1.46 bits per heavy atom. The van der Waals surface area contributed by atoms with Crippen LogP contribution in [0.3, 0.4) is 0 Å². The summed E-state index contributed by atoms with van der Waals surface area (Å²) in [5.41, 5.74) is 0.663. The van der Waals surface area contributed by atoms with Gasteiger partial charge in [0, 0.05) is 12.7 Å². The molecule has 3 heterocycles. The predicted octanol–water partition coefficient (Wildman–Crippen LogP) is 1.28. The number of ether oxygens (including phenoxy) is 1. The summed E-state index contributed by atoms with van der Waals surface area (Å²) in [4.78, 5) is 15.6. The summed E-state index contributed by atoms with van der Waals surface area (Å²) in [5, 5.41) is 9.42. The highest BCUT2D eigenvalue weighted by molar-refractivity contribution is 7.89. The van der Waals surface area contributed by atoms with Crippen molar-refractivity contribution in [2.45, 2.75) is 24.9 Å². The largest absolute Gasteiger partial charge is 0.465 e. The van der Waals surface area contributed by atoms with Crippen LogP contribution in [0.25, 0.3) is 11.4 Å². The van der Waals surface area contributed by atoms with E-state index in [-0.39, 0.29) is 22.2 Å².